The molecule has 2 atom stereocenters. The highest BCUT2D eigenvalue weighted by atomic mass is 79.9. The third kappa shape index (κ3) is 5.75. The number of aliphatic imine (C=N–C) groups is 1. The van der Waals surface area contributed by atoms with Gasteiger partial charge in [0.25, 0.3) is 0 Å². The Kier molecular flexibility index (Phi) is 8.07. The van der Waals surface area contributed by atoms with Crippen LogP contribution in [-0.2, 0) is 0 Å². The van der Waals surface area contributed by atoms with Crippen LogP contribution < -0.4 is 10.6 Å². The summed E-state index contributed by atoms with van der Waals surface area (Å²) in [6.45, 7) is 8.10. The topological polar surface area (TPSA) is 36.4 Å². The van der Waals surface area contributed by atoms with Gasteiger partial charge in [-0.1, -0.05) is 41.1 Å². The van der Waals surface area contributed by atoms with E-state index >= 15 is 0 Å². The summed E-state index contributed by atoms with van der Waals surface area (Å²) < 4.78 is 1.12. The molecule has 0 aliphatic rings. The number of thioether (sulfide) groups is 1. The Labute approximate surface area is 135 Å². The smallest absolute Gasteiger partial charge is 0.191 e. The van der Waals surface area contributed by atoms with Crippen LogP contribution in [0, 0.1) is 0 Å². The Morgan fingerprint density at radius 2 is 2.05 bits per heavy atom. The number of hydrogen-bond acceptors (Lipinski definition) is 2. The first-order valence-electron chi connectivity index (χ1n) is 6.90. The molecule has 5 heteroatoms. The maximum Gasteiger partial charge on any atom is 0.191 e. The lowest BCUT2D eigenvalue weighted by Crippen LogP contribution is -2.39. The van der Waals surface area contributed by atoms with E-state index in [9.17, 15) is 0 Å². The van der Waals surface area contributed by atoms with E-state index in [2.05, 4.69) is 76.8 Å². The van der Waals surface area contributed by atoms with Crippen molar-refractivity contribution in [3.63, 3.8) is 0 Å². The lowest BCUT2D eigenvalue weighted by Gasteiger charge is -2.19. The van der Waals surface area contributed by atoms with Crippen molar-refractivity contribution in [1.82, 2.24) is 10.6 Å². The molecule has 112 valence electrons. The quantitative estimate of drug-likeness (QED) is 0.600. The number of nitrogens with one attached hydrogen (secondary N) is 2. The summed E-state index contributed by atoms with van der Waals surface area (Å²) in [7, 11) is 0. The second kappa shape index (κ2) is 9.29. The van der Waals surface area contributed by atoms with Crippen LogP contribution in [0.25, 0.3) is 0 Å². The molecule has 0 aromatic heterocycles. The highest BCUT2D eigenvalue weighted by Crippen LogP contribution is 2.22. The Balaban J connectivity index is 2.72. The van der Waals surface area contributed by atoms with E-state index in [-0.39, 0.29) is 6.04 Å². The van der Waals surface area contributed by atoms with Crippen LogP contribution in [0.2, 0.25) is 0 Å². The van der Waals surface area contributed by atoms with Gasteiger partial charge in [-0.3, -0.25) is 4.99 Å². The molecule has 0 spiro atoms. The van der Waals surface area contributed by atoms with Gasteiger partial charge < -0.3 is 10.6 Å². The van der Waals surface area contributed by atoms with Crippen LogP contribution in [0.5, 0.6) is 0 Å². The van der Waals surface area contributed by atoms with Gasteiger partial charge in [0.1, 0.15) is 0 Å². The van der Waals surface area contributed by atoms with Gasteiger partial charge in [0.15, 0.2) is 5.96 Å². The molecule has 3 nitrogen and oxygen atoms in total. The second-order valence-electron chi connectivity index (χ2n) is 4.65. The van der Waals surface area contributed by atoms with Crippen molar-refractivity contribution in [2.75, 3.05) is 19.3 Å². The maximum absolute atomic E-state index is 4.64. The minimum atomic E-state index is 0.202. The predicted molar refractivity (Wildman–Crippen MR) is 94.6 cm³/mol. The summed E-state index contributed by atoms with van der Waals surface area (Å²) in [6.07, 6.45) is 2.12. The van der Waals surface area contributed by atoms with Gasteiger partial charge in [-0.05, 0) is 31.7 Å². The third-order valence-corrected chi connectivity index (χ3v) is 4.65. The molecule has 0 saturated heterocycles. The van der Waals surface area contributed by atoms with Gasteiger partial charge in [0.2, 0.25) is 0 Å². The average molecular weight is 358 g/mol. The van der Waals surface area contributed by atoms with Crippen LogP contribution in [0.3, 0.4) is 0 Å². The summed E-state index contributed by atoms with van der Waals surface area (Å²) in [6, 6.07) is 8.47. The second-order valence-corrected chi connectivity index (χ2v) is 6.78. The van der Waals surface area contributed by atoms with Crippen LogP contribution in [0.15, 0.2) is 33.7 Å². The molecule has 0 saturated carbocycles. The molecule has 20 heavy (non-hydrogen) atoms. The van der Waals surface area contributed by atoms with Crippen molar-refractivity contribution in [1.29, 1.82) is 0 Å². The SMILES string of the molecule is CCNC(=NCC(C)SC)NC(C)c1ccccc1Br. The normalized spacial score (nSPS) is 14.8. The third-order valence-electron chi connectivity index (χ3n) is 2.98. The molecule has 1 aromatic carbocycles. The highest BCUT2D eigenvalue weighted by molar-refractivity contribution is 9.10. The fourth-order valence-electron chi connectivity index (χ4n) is 1.72. The summed E-state index contributed by atoms with van der Waals surface area (Å²) in [4.78, 5) is 4.64. The van der Waals surface area contributed by atoms with Gasteiger partial charge in [-0.15, -0.1) is 0 Å². The molecule has 0 aliphatic heterocycles. The molecule has 1 rings (SSSR count). The van der Waals surface area contributed by atoms with E-state index in [1.807, 2.05) is 17.8 Å². The van der Waals surface area contributed by atoms with Crippen molar-refractivity contribution in [2.24, 2.45) is 4.99 Å². The molecule has 2 N–H and O–H groups in total. The van der Waals surface area contributed by atoms with Gasteiger partial charge >= 0.3 is 0 Å². The van der Waals surface area contributed by atoms with Crippen molar-refractivity contribution >= 4 is 33.7 Å². The zero-order valence-electron chi connectivity index (χ0n) is 12.6. The first kappa shape index (κ1) is 17.4. The van der Waals surface area contributed by atoms with E-state index in [1.54, 1.807) is 0 Å². The van der Waals surface area contributed by atoms with Gasteiger partial charge in [0.05, 0.1) is 12.6 Å². The lowest BCUT2D eigenvalue weighted by molar-refractivity contribution is 0.683. The van der Waals surface area contributed by atoms with Crippen molar-refractivity contribution in [3.05, 3.63) is 34.3 Å². The Bertz CT molecular complexity index is 437. The molecule has 0 fully saturated rings. The Morgan fingerprint density at radius 1 is 1.35 bits per heavy atom. The first-order chi connectivity index (χ1) is 9.58. The average Bonchev–Trinajstić information content (AvgIpc) is 2.44. The number of benzene rings is 1. The maximum atomic E-state index is 4.64. The van der Waals surface area contributed by atoms with Crippen LogP contribution >= 0.6 is 27.7 Å². The van der Waals surface area contributed by atoms with Gasteiger partial charge in [-0.2, -0.15) is 11.8 Å². The van der Waals surface area contributed by atoms with Crippen LogP contribution in [-0.4, -0.2) is 30.6 Å². The molecule has 0 bridgehead atoms. The molecule has 2 unspecified atom stereocenters. The standard InChI is InChI=1S/C15H24BrN3S/c1-5-17-15(18-10-11(2)20-4)19-12(3)13-8-6-7-9-14(13)16/h6-9,11-12H,5,10H2,1-4H3,(H2,17,18,19). The summed E-state index contributed by atoms with van der Waals surface area (Å²) in [5.41, 5.74) is 1.23. The van der Waals surface area contributed by atoms with Crippen molar-refractivity contribution < 1.29 is 0 Å². The fraction of sp³-hybridized carbons (Fsp3) is 0.533. The fourth-order valence-corrected chi connectivity index (χ4v) is 2.58. The van der Waals surface area contributed by atoms with E-state index in [4.69, 9.17) is 0 Å². The Hall–Kier alpha value is -0.680. The predicted octanol–water partition coefficient (Wildman–Crippen LogP) is 3.82. The van der Waals surface area contributed by atoms with E-state index in [0.29, 0.717) is 5.25 Å². The number of nitrogens with zero attached hydrogens (tertiary/aromatic N) is 1. The molecular weight excluding hydrogens is 334 g/mol. The minimum absolute atomic E-state index is 0.202. The summed E-state index contributed by atoms with van der Waals surface area (Å²) in [5, 5.41) is 7.28. The van der Waals surface area contributed by atoms with E-state index < -0.39 is 0 Å². The number of hydrogen-bond donors (Lipinski definition) is 2. The molecule has 0 heterocycles. The number of guanidine groups is 1. The summed E-state index contributed by atoms with van der Waals surface area (Å²) in [5.74, 6) is 0.872. The first-order valence-corrected chi connectivity index (χ1v) is 8.98. The van der Waals surface area contributed by atoms with Gasteiger partial charge in [-0.25, -0.2) is 0 Å². The zero-order valence-corrected chi connectivity index (χ0v) is 15.0. The van der Waals surface area contributed by atoms with Crippen molar-refractivity contribution in [2.45, 2.75) is 32.1 Å². The lowest BCUT2D eigenvalue weighted by atomic mass is 10.1. The largest absolute Gasteiger partial charge is 0.357 e. The minimum Gasteiger partial charge on any atom is -0.357 e. The number of halogens is 1. The van der Waals surface area contributed by atoms with Gasteiger partial charge in [0, 0.05) is 16.3 Å². The zero-order chi connectivity index (χ0) is 15.0. The van der Waals surface area contributed by atoms with E-state index in [0.717, 1.165) is 23.5 Å². The molecule has 0 radical (unpaired) electrons. The van der Waals surface area contributed by atoms with Crippen LogP contribution in [0.4, 0.5) is 0 Å². The van der Waals surface area contributed by atoms with E-state index in [1.165, 1.54) is 5.56 Å². The van der Waals surface area contributed by atoms with Crippen LogP contribution in [0.1, 0.15) is 32.4 Å². The summed E-state index contributed by atoms with van der Waals surface area (Å²) >= 11 is 5.43. The van der Waals surface area contributed by atoms with Crippen molar-refractivity contribution in [3.8, 4) is 0 Å². The number of rotatable bonds is 6. The molecule has 1 aromatic rings. The molecule has 0 amide bonds. The highest BCUT2D eigenvalue weighted by Gasteiger charge is 2.10. The monoisotopic (exact) mass is 357 g/mol. The Morgan fingerprint density at radius 3 is 2.65 bits per heavy atom. The molecule has 0 aliphatic carbocycles. The molecular formula is C15H24BrN3S.